The minimum atomic E-state index is -0.351. The van der Waals surface area contributed by atoms with Gasteiger partial charge >= 0.3 is 0 Å². The van der Waals surface area contributed by atoms with E-state index in [0.29, 0.717) is 6.54 Å². The highest BCUT2D eigenvalue weighted by Crippen LogP contribution is 2.18. The van der Waals surface area contributed by atoms with Crippen molar-refractivity contribution in [3.8, 4) is 5.75 Å². The molecule has 2 N–H and O–H groups in total. The summed E-state index contributed by atoms with van der Waals surface area (Å²) in [6.45, 7) is 8.57. The summed E-state index contributed by atoms with van der Waals surface area (Å²) in [5, 5.41) is 6.70. The highest BCUT2D eigenvalue weighted by molar-refractivity contribution is 5.79. The van der Waals surface area contributed by atoms with Gasteiger partial charge in [0.05, 0.1) is 7.11 Å². The van der Waals surface area contributed by atoms with Crippen molar-refractivity contribution in [2.45, 2.75) is 32.9 Å². The summed E-state index contributed by atoms with van der Waals surface area (Å²) < 4.78 is 18.7. The van der Waals surface area contributed by atoms with Gasteiger partial charge in [-0.05, 0) is 38.5 Å². The summed E-state index contributed by atoms with van der Waals surface area (Å²) >= 11 is 0. The van der Waals surface area contributed by atoms with Crippen LogP contribution in [0.2, 0.25) is 0 Å². The van der Waals surface area contributed by atoms with Gasteiger partial charge in [-0.25, -0.2) is 4.39 Å². The van der Waals surface area contributed by atoms with E-state index in [-0.39, 0.29) is 17.1 Å². The molecule has 0 amide bonds. The molecular formula is C17H29FN4O. The Morgan fingerprint density at radius 1 is 1.30 bits per heavy atom. The first-order valence-electron chi connectivity index (χ1n) is 7.76. The second kappa shape index (κ2) is 8.72. The molecule has 0 atom stereocenters. The minimum Gasteiger partial charge on any atom is -0.494 e. The first-order chi connectivity index (χ1) is 10.8. The van der Waals surface area contributed by atoms with Crippen molar-refractivity contribution in [3.05, 3.63) is 29.6 Å². The Morgan fingerprint density at radius 3 is 2.52 bits per heavy atom. The maximum atomic E-state index is 13.7. The van der Waals surface area contributed by atoms with Crippen molar-refractivity contribution in [1.82, 2.24) is 15.5 Å². The molecule has 6 heteroatoms. The Hall–Kier alpha value is -1.82. The SMILES string of the molecule is CN=C(NCCNC(C)(C)C)N(C)Cc1ccc(OC)c(F)c1. The van der Waals surface area contributed by atoms with E-state index in [1.165, 1.54) is 13.2 Å². The predicted molar refractivity (Wildman–Crippen MR) is 93.5 cm³/mol. The van der Waals surface area contributed by atoms with Crippen molar-refractivity contribution in [3.63, 3.8) is 0 Å². The van der Waals surface area contributed by atoms with Gasteiger partial charge in [0.2, 0.25) is 0 Å². The molecule has 1 rings (SSSR count). The van der Waals surface area contributed by atoms with Gasteiger partial charge in [0.25, 0.3) is 0 Å². The molecule has 130 valence electrons. The van der Waals surface area contributed by atoms with Crippen molar-refractivity contribution in [2.75, 3.05) is 34.3 Å². The van der Waals surface area contributed by atoms with Crippen LogP contribution in [0.25, 0.3) is 0 Å². The molecule has 0 aliphatic heterocycles. The fourth-order valence-corrected chi connectivity index (χ4v) is 2.15. The van der Waals surface area contributed by atoms with Crippen molar-refractivity contribution in [1.29, 1.82) is 0 Å². The van der Waals surface area contributed by atoms with E-state index in [1.54, 1.807) is 13.1 Å². The number of benzene rings is 1. The van der Waals surface area contributed by atoms with Gasteiger partial charge in [0.1, 0.15) is 0 Å². The first kappa shape index (κ1) is 19.2. The molecule has 0 bridgehead atoms. The molecule has 0 spiro atoms. The number of rotatable bonds is 6. The lowest BCUT2D eigenvalue weighted by atomic mass is 10.1. The lowest BCUT2D eigenvalue weighted by Crippen LogP contribution is -2.44. The van der Waals surface area contributed by atoms with Crippen LogP contribution >= 0.6 is 0 Å². The normalized spacial score (nSPS) is 12.2. The average molecular weight is 324 g/mol. The lowest BCUT2D eigenvalue weighted by molar-refractivity contribution is 0.385. The van der Waals surface area contributed by atoms with Crippen LogP contribution in [0.5, 0.6) is 5.75 Å². The smallest absolute Gasteiger partial charge is 0.193 e. The van der Waals surface area contributed by atoms with Crippen LogP contribution < -0.4 is 15.4 Å². The minimum absolute atomic E-state index is 0.0950. The fraction of sp³-hybridized carbons (Fsp3) is 0.588. The van der Waals surface area contributed by atoms with Crippen molar-refractivity contribution >= 4 is 5.96 Å². The monoisotopic (exact) mass is 324 g/mol. The number of hydrogen-bond donors (Lipinski definition) is 2. The van der Waals surface area contributed by atoms with Gasteiger partial charge < -0.3 is 20.3 Å². The number of hydrogen-bond acceptors (Lipinski definition) is 3. The molecule has 0 aromatic heterocycles. The molecule has 0 saturated carbocycles. The van der Waals surface area contributed by atoms with Crippen LogP contribution in [0.15, 0.2) is 23.2 Å². The van der Waals surface area contributed by atoms with Crippen LogP contribution in [0.1, 0.15) is 26.3 Å². The predicted octanol–water partition coefficient (Wildman–Crippen LogP) is 2.23. The fourth-order valence-electron chi connectivity index (χ4n) is 2.15. The maximum Gasteiger partial charge on any atom is 0.193 e. The Balaban J connectivity index is 2.54. The maximum absolute atomic E-state index is 13.7. The van der Waals surface area contributed by atoms with Gasteiger partial charge in [-0.1, -0.05) is 6.07 Å². The van der Waals surface area contributed by atoms with Crippen LogP contribution in [0, 0.1) is 5.82 Å². The van der Waals surface area contributed by atoms with Crippen LogP contribution in [0.4, 0.5) is 4.39 Å². The summed E-state index contributed by atoms with van der Waals surface area (Å²) in [4.78, 5) is 6.22. The van der Waals surface area contributed by atoms with Crippen LogP contribution in [0.3, 0.4) is 0 Å². The van der Waals surface area contributed by atoms with Crippen LogP contribution in [-0.2, 0) is 6.54 Å². The molecule has 5 nitrogen and oxygen atoms in total. The summed E-state index contributed by atoms with van der Waals surface area (Å²) in [6.07, 6.45) is 0. The number of nitrogens with one attached hydrogen (secondary N) is 2. The van der Waals surface area contributed by atoms with Crippen molar-refractivity contribution in [2.24, 2.45) is 4.99 Å². The number of halogens is 1. The van der Waals surface area contributed by atoms with Gasteiger partial charge in [0.15, 0.2) is 17.5 Å². The zero-order chi connectivity index (χ0) is 17.5. The summed E-state index contributed by atoms with van der Waals surface area (Å²) in [7, 11) is 5.13. The van der Waals surface area contributed by atoms with Crippen LogP contribution in [-0.4, -0.2) is 50.7 Å². The van der Waals surface area contributed by atoms with E-state index in [0.717, 1.165) is 24.6 Å². The van der Waals surface area contributed by atoms with E-state index in [9.17, 15) is 4.39 Å². The average Bonchev–Trinajstić information content (AvgIpc) is 2.46. The van der Waals surface area contributed by atoms with Gasteiger partial charge in [-0.2, -0.15) is 0 Å². The van der Waals surface area contributed by atoms with E-state index >= 15 is 0 Å². The molecular weight excluding hydrogens is 295 g/mol. The number of nitrogens with zero attached hydrogens (tertiary/aromatic N) is 2. The van der Waals surface area contributed by atoms with E-state index < -0.39 is 0 Å². The second-order valence-electron chi connectivity index (χ2n) is 6.48. The lowest BCUT2D eigenvalue weighted by Gasteiger charge is -2.24. The number of guanidine groups is 1. The van der Waals surface area contributed by atoms with E-state index in [2.05, 4.69) is 36.4 Å². The summed E-state index contributed by atoms with van der Waals surface area (Å²) in [5.74, 6) is 0.680. The third-order valence-corrected chi connectivity index (χ3v) is 3.27. The molecule has 0 heterocycles. The second-order valence-corrected chi connectivity index (χ2v) is 6.48. The van der Waals surface area contributed by atoms with E-state index in [4.69, 9.17) is 4.74 Å². The Kier molecular flexibility index (Phi) is 7.29. The quantitative estimate of drug-likeness (QED) is 0.479. The topological polar surface area (TPSA) is 48.9 Å². The Labute approximate surface area is 138 Å². The summed E-state index contributed by atoms with van der Waals surface area (Å²) in [6, 6.07) is 4.98. The molecule has 0 radical (unpaired) electrons. The highest BCUT2D eigenvalue weighted by atomic mass is 19.1. The standard InChI is InChI=1S/C17H29FN4O/c1-17(2,3)21-10-9-20-16(19-4)22(5)12-13-7-8-15(23-6)14(18)11-13/h7-8,11,21H,9-10,12H2,1-6H3,(H,19,20). The molecule has 0 aliphatic rings. The number of methoxy groups -OCH3 is 1. The third kappa shape index (κ3) is 6.86. The first-order valence-corrected chi connectivity index (χ1v) is 7.76. The van der Waals surface area contributed by atoms with Gasteiger partial charge in [-0.15, -0.1) is 0 Å². The van der Waals surface area contributed by atoms with E-state index in [1.807, 2.05) is 18.0 Å². The number of aliphatic imine (C=N–C) groups is 1. The largest absolute Gasteiger partial charge is 0.494 e. The highest BCUT2D eigenvalue weighted by Gasteiger charge is 2.10. The zero-order valence-corrected chi connectivity index (χ0v) is 15.0. The molecule has 1 aromatic rings. The van der Waals surface area contributed by atoms with Gasteiger partial charge in [0, 0.05) is 39.3 Å². The van der Waals surface area contributed by atoms with Gasteiger partial charge in [-0.3, -0.25) is 4.99 Å². The molecule has 0 fully saturated rings. The molecule has 0 aliphatic carbocycles. The Morgan fingerprint density at radius 2 is 2.00 bits per heavy atom. The molecule has 1 aromatic carbocycles. The molecule has 0 saturated heterocycles. The third-order valence-electron chi connectivity index (χ3n) is 3.27. The molecule has 0 unspecified atom stereocenters. The zero-order valence-electron chi connectivity index (χ0n) is 15.0. The molecule has 23 heavy (non-hydrogen) atoms. The van der Waals surface area contributed by atoms with Crippen molar-refractivity contribution < 1.29 is 9.13 Å². The summed E-state index contributed by atoms with van der Waals surface area (Å²) in [5.41, 5.74) is 0.958. The number of ether oxygens (including phenoxy) is 1. The Bertz CT molecular complexity index is 526.